The normalized spacial score (nSPS) is 39.4. The van der Waals surface area contributed by atoms with Crippen molar-refractivity contribution in [2.24, 2.45) is 5.41 Å². The van der Waals surface area contributed by atoms with Crippen LogP contribution < -0.4 is 0 Å². The summed E-state index contributed by atoms with van der Waals surface area (Å²) in [5.74, 6) is 0. The molecular weight excluding hydrogens is 255 g/mol. The standard InChI is InChI=1S/C5H7Br2Cl/c1-4(2)3(8)5(4,6)7/h3H,1-2H3. The van der Waals surface area contributed by atoms with Gasteiger partial charge in [0.2, 0.25) is 0 Å². The summed E-state index contributed by atoms with van der Waals surface area (Å²) in [4.78, 5) is 0. The largest absolute Gasteiger partial charge is 0.120 e. The van der Waals surface area contributed by atoms with Gasteiger partial charge in [0, 0.05) is 5.41 Å². The molecule has 0 aromatic rings. The molecule has 0 saturated heterocycles. The van der Waals surface area contributed by atoms with Crippen LogP contribution in [-0.2, 0) is 0 Å². The van der Waals surface area contributed by atoms with Crippen LogP contribution in [-0.4, -0.2) is 8.61 Å². The predicted molar refractivity (Wildman–Crippen MR) is 44.0 cm³/mol. The Morgan fingerprint density at radius 2 is 1.50 bits per heavy atom. The van der Waals surface area contributed by atoms with Gasteiger partial charge in [0.15, 0.2) is 0 Å². The average molecular weight is 262 g/mol. The van der Waals surface area contributed by atoms with Gasteiger partial charge >= 0.3 is 0 Å². The van der Waals surface area contributed by atoms with E-state index in [1.54, 1.807) is 0 Å². The summed E-state index contributed by atoms with van der Waals surface area (Å²) in [6.07, 6.45) is 0. The fourth-order valence-corrected chi connectivity index (χ4v) is 2.63. The molecule has 3 heteroatoms. The van der Waals surface area contributed by atoms with E-state index in [1.165, 1.54) is 0 Å². The van der Waals surface area contributed by atoms with E-state index in [9.17, 15) is 0 Å². The van der Waals surface area contributed by atoms with Crippen molar-refractivity contribution in [1.29, 1.82) is 0 Å². The van der Waals surface area contributed by atoms with Crippen LogP contribution in [0, 0.1) is 5.41 Å². The lowest BCUT2D eigenvalue weighted by Crippen LogP contribution is -1.94. The molecule has 1 fully saturated rings. The lowest BCUT2D eigenvalue weighted by Gasteiger charge is -1.99. The topological polar surface area (TPSA) is 0 Å². The van der Waals surface area contributed by atoms with Crippen LogP contribution in [0.15, 0.2) is 0 Å². The maximum absolute atomic E-state index is 5.88. The van der Waals surface area contributed by atoms with Crippen LogP contribution in [0.4, 0.5) is 0 Å². The predicted octanol–water partition coefficient (Wildman–Crippen LogP) is 3.12. The van der Waals surface area contributed by atoms with Gasteiger partial charge in [-0.15, -0.1) is 11.6 Å². The number of alkyl halides is 3. The van der Waals surface area contributed by atoms with Gasteiger partial charge in [0.05, 0.1) is 5.38 Å². The molecule has 1 unspecified atom stereocenters. The van der Waals surface area contributed by atoms with Crippen molar-refractivity contribution in [3.63, 3.8) is 0 Å². The molecule has 1 saturated carbocycles. The van der Waals surface area contributed by atoms with E-state index in [-0.39, 0.29) is 14.0 Å². The number of halogens is 3. The summed E-state index contributed by atoms with van der Waals surface area (Å²) < 4.78 is -0.00540. The molecule has 0 radical (unpaired) electrons. The maximum atomic E-state index is 5.88. The first-order valence-corrected chi connectivity index (χ1v) is 4.45. The summed E-state index contributed by atoms with van der Waals surface area (Å²) in [6, 6.07) is 0. The van der Waals surface area contributed by atoms with E-state index in [0.717, 1.165) is 0 Å². The number of rotatable bonds is 0. The number of hydrogen-bond donors (Lipinski definition) is 0. The molecule has 0 heterocycles. The minimum Gasteiger partial charge on any atom is -0.120 e. The van der Waals surface area contributed by atoms with Crippen molar-refractivity contribution in [3.05, 3.63) is 0 Å². The first kappa shape index (κ1) is 7.36. The second-order valence-corrected chi connectivity index (χ2v) is 6.71. The van der Waals surface area contributed by atoms with Gasteiger partial charge in [0.25, 0.3) is 0 Å². The van der Waals surface area contributed by atoms with Crippen molar-refractivity contribution in [3.8, 4) is 0 Å². The third kappa shape index (κ3) is 0.691. The highest BCUT2D eigenvalue weighted by atomic mass is 79.9. The van der Waals surface area contributed by atoms with E-state index in [1.807, 2.05) is 0 Å². The minimum absolute atomic E-state index is 0.00540. The Morgan fingerprint density at radius 1 is 1.38 bits per heavy atom. The minimum atomic E-state index is -0.00540. The highest BCUT2D eigenvalue weighted by Gasteiger charge is 2.68. The second-order valence-electron chi connectivity index (χ2n) is 2.71. The summed E-state index contributed by atoms with van der Waals surface area (Å²) in [7, 11) is 0. The molecule has 0 amide bonds. The van der Waals surface area contributed by atoms with Crippen LogP contribution in [0.2, 0.25) is 0 Å². The monoisotopic (exact) mass is 260 g/mol. The third-order valence-corrected chi connectivity index (χ3v) is 6.09. The van der Waals surface area contributed by atoms with Gasteiger partial charge in [-0.25, -0.2) is 0 Å². The number of hydrogen-bond acceptors (Lipinski definition) is 0. The van der Waals surface area contributed by atoms with Gasteiger partial charge in [-0.3, -0.25) is 0 Å². The van der Waals surface area contributed by atoms with E-state index in [2.05, 4.69) is 45.7 Å². The van der Waals surface area contributed by atoms with Gasteiger partial charge in [-0.05, 0) is 0 Å². The van der Waals surface area contributed by atoms with E-state index >= 15 is 0 Å². The zero-order valence-electron chi connectivity index (χ0n) is 4.71. The van der Waals surface area contributed by atoms with Crippen LogP contribution in [0.5, 0.6) is 0 Å². The molecule has 0 nitrogen and oxygen atoms in total. The molecule has 1 rings (SSSR count). The molecule has 1 aliphatic carbocycles. The molecular formula is C5H7Br2Cl. The molecule has 48 valence electrons. The molecule has 0 spiro atoms. The molecule has 1 atom stereocenters. The van der Waals surface area contributed by atoms with Crippen LogP contribution in [0.1, 0.15) is 13.8 Å². The van der Waals surface area contributed by atoms with Crippen molar-refractivity contribution in [2.45, 2.75) is 22.5 Å². The summed E-state index contributed by atoms with van der Waals surface area (Å²) in [5, 5.41) is 0.218. The lowest BCUT2D eigenvalue weighted by atomic mass is 10.2. The van der Waals surface area contributed by atoms with Gasteiger partial charge in [0.1, 0.15) is 3.23 Å². The fraction of sp³-hybridized carbons (Fsp3) is 1.00. The SMILES string of the molecule is CC1(C)C(Cl)C1(Br)Br. The summed E-state index contributed by atoms with van der Waals surface area (Å²) in [6.45, 7) is 4.24. The Morgan fingerprint density at radius 3 is 1.50 bits per heavy atom. The van der Waals surface area contributed by atoms with Crippen molar-refractivity contribution >= 4 is 43.5 Å². The maximum Gasteiger partial charge on any atom is 0.104 e. The molecule has 8 heavy (non-hydrogen) atoms. The molecule has 0 aliphatic heterocycles. The fourth-order valence-electron chi connectivity index (χ4n) is 0.599. The zero-order valence-corrected chi connectivity index (χ0v) is 8.64. The zero-order chi connectivity index (χ0) is 6.58. The van der Waals surface area contributed by atoms with Crippen LogP contribution in [0.3, 0.4) is 0 Å². The van der Waals surface area contributed by atoms with Crippen molar-refractivity contribution < 1.29 is 0 Å². The van der Waals surface area contributed by atoms with Gasteiger partial charge in [-0.2, -0.15) is 0 Å². The first-order chi connectivity index (χ1) is 3.40. The Bertz CT molecular complexity index is 106. The van der Waals surface area contributed by atoms with Crippen molar-refractivity contribution in [1.82, 2.24) is 0 Å². The van der Waals surface area contributed by atoms with Crippen LogP contribution in [0.25, 0.3) is 0 Å². The average Bonchev–Trinajstić information content (AvgIpc) is 1.88. The van der Waals surface area contributed by atoms with Crippen LogP contribution >= 0.6 is 43.5 Å². The third-order valence-electron chi connectivity index (χ3n) is 1.73. The highest BCUT2D eigenvalue weighted by Crippen LogP contribution is 2.68. The Hall–Kier alpha value is 1.25. The second kappa shape index (κ2) is 1.64. The molecule has 0 aromatic carbocycles. The summed E-state index contributed by atoms with van der Waals surface area (Å²) >= 11 is 12.8. The summed E-state index contributed by atoms with van der Waals surface area (Å²) in [5.41, 5.74) is 0.203. The van der Waals surface area contributed by atoms with E-state index < -0.39 is 0 Å². The molecule has 0 N–H and O–H groups in total. The molecule has 0 aromatic heterocycles. The van der Waals surface area contributed by atoms with E-state index in [0.29, 0.717) is 0 Å². The van der Waals surface area contributed by atoms with Gasteiger partial charge in [-0.1, -0.05) is 45.7 Å². The lowest BCUT2D eigenvalue weighted by molar-refractivity contribution is 0.654. The van der Waals surface area contributed by atoms with E-state index in [4.69, 9.17) is 11.6 Å². The Labute approximate surface area is 71.2 Å². The Balaban J connectivity index is 2.72. The quantitative estimate of drug-likeness (QED) is 0.588. The molecule has 0 bridgehead atoms. The first-order valence-electron chi connectivity index (χ1n) is 2.42. The Kier molecular flexibility index (Phi) is 1.51. The smallest absolute Gasteiger partial charge is 0.104 e. The highest BCUT2D eigenvalue weighted by molar-refractivity contribution is 9.25. The molecule has 1 aliphatic rings. The van der Waals surface area contributed by atoms with Crippen molar-refractivity contribution in [2.75, 3.05) is 0 Å². The van der Waals surface area contributed by atoms with Gasteiger partial charge < -0.3 is 0 Å².